The Morgan fingerprint density at radius 1 is 0.811 bits per heavy atom. The predicted octanol–water partition coefficient (Wildman–Crippen LogP) is 8.20. The van der Waals surface area contributed by atoms with Gasteiger partial charge >= 0.3 is 0 Å². The van der Waals surface area contributed by atoms with Crippen LogP contribution in [0.5, 0.6) is 11.5 Å². The molecule has 0 aliphatic heterocycles. The van der Waals surface area contributed by atoms with Crippen LogP contribution in [0.1, 0.15) is 69.6 Å². The van der Waals surface area contributed by atoms with Gasteiger partial charge < -0.3 is 9.47 Å². The Kier molecular flexibility index (Phi) is 7.42. The summed E-state index contributed by atoms with van der Waals surface area (Å²) in [4.78, 5) is 13.5. The molecular formula is C34H40O3. The van der Waals surface area contributed by atoms with Crippen LogP contribution >= 0.6 is 0 Å². The largest absolute Gasteiger partial charge is 0.489 e. The molecule has 0 radical (unpaired) electrons. The van der Waals surface area contributed by atoms with Crippen molar-refractivity contribution < 1.29 is 14.3 Å². The lowest BCUT2D eigenvalue weighted by Gasteiger charge is -2.56. The number of hydrogen-bond acceptors (Lipinski definition) is 3. The summed E-state index contributed by atoms with van der Waals surface area (Å²) in [7, 11) is 0. The Bertz CT molecular complexity index is 1200. The van der Waals surface area contributed by atoms with E-state index in [1.165, 1.54) is 12.8 Å². The molecular weight excluding hydrogens is 456 g/mol. The first-order valence-corrected chi connectivity index (χ1v) is 13.8. The summed E-state index contributed by atoms with van der Waals surface area (Å²) in [5.41, 5.74) is 3.64. The van der Waals surface area contributed by atoms with Crippen molar-refractivity contribution in [2.75, 3.05) is 0 Å². The zero-order valence-electron chi connectivity index (χ0n) is 22.5. The fourth-order valence-corrected chi connectivity index (χ4v) is 7.12. The van der Waals surface area contributed by atoms with Crippen LogP contribution in [0.2, 0.25) is 0 Å². The van der Waals surface area contributed by atoms with Crippen molar-refractivity contribution >= 4 is 5.78 Å². The van der Waals surface area contributed by atoms with Crippen LogP contribution in [0.3, 0.4) is 0 Å². The van der Waals surface area contributed by atoms with E-state index in [1.807, 2.05) is 48.5 Å². The maximum atomic E-state index is 13.5. The zero-order chi connectivity index (χ0) is 25.9. The first-order valence-electron chi connectivity index (χ1n) is 13.8. The molecule has 0 amide bonds. The van der Waals surface area contributed by atoms with Gasteiger partial charge in [-0.1, -0.05) is 87.9 Å². The van der Waals surface area contributed by atoms with Gasteiger partial charge in [-0.05, 0) is 77.3 Å². The van der Waals surface area contributed by atoms with E-state index in [0.717, 1.165) is 41.0 Å². The van der Waals surface area contributed by atoms with Gasteiger partial charge in [-0.25, -0.2) is 0 Å². The molecule has 0 aromatic heterocycles. The highest BCUT2D eigenvalue weighted by Crippen LogP contribution is 2.59. The van der Waals surface area contributed by atoms with Crippen LogP contribution < -0.4 is 9.47 Å². The number of carbonyl (C=O) groups excluding carboxylic acids is 1. The van der Waals surface area contributed by atoms with Gasteiger partial charge in [0.1, 0.15) is 30.5 Å². The van der Waals surface area contributed by atoms with E-state index in [4.69, 9.17) is 9.47 Å². The molecule has 5 rings (SSSR count). The standard InChI is InChI=1S/C34H40O3/c1-33(2)19-10-20-34(3)29(30(35)16-18-32(33)34)22-27-21-28(36-23-25-11-6-4-7-12-25)15-17-31(27)37-24-26-13-8-5-9-14-26/h4-9,11-15,17,21,29,32H,10,16,18-20,22-24H2,1-3H3/t29-,32-,34+/m1/s1. The number of carbonyl (C=O) groups is 1. The van der Waals surface area contributed by atoms with E-state index < -0.39 is 0 Å². The summed E-state index contributed by atoms with van der Waals surface area (Å²) in [6.07, 6.45) is 6.00. The second kappa shape index (κ2) is 10.7. The maximum absolute atomic E-state index is 13.5. The molecule has 0 N–H and O–H groups in total. The van der Waals surface area contributed by atoms with Gasteiger partial charge in [-0.3, -0.25) is 4.79 Å². The number of fused-ring (bicyclic) bond motifs is 1. The van der Waals surface area contributed by atoms with Crippen LogP contribution in [0.25, 0.3) is 0 Å². The summed E-state index contributed by atoms with van der Waals surface area (Å²) in [5.74, 6) is 2.67. The third kappa shape index (κ3) is 5.61. The molecule has 3 atom stereocenters. The van der Waals surface area contributed by atoms with Gasteiger partial charge in [0.2, 0.25) is 0 Å². The van der Waals surface area contributed by atoms with Crippen molar-refractivity contribution in [3.05, 3.63) is 95.6 Å². The molecule has 3 aromatic carbocycles. The first-order chi connectivity index (χ1) is 17.8. The van der Waals surface area contributed by atoms with E-state index in [-0.39, 0.29) is 16.7 Å². The van der Waals surface area contributed by atoms with E-state index in [0.29, 0.717) is 37.8 Å². The lowest BCUT2D eigenvalue weighted by atomic mass is 9.47. The normalized spacial score (nSPS) is 24.8. The summed E-state index contributed by atoms with van der Waals surface area (Å²) in [6, 6.07) is 26.6. The van der Waals surface area contributed by atoms with Gasteiger partial charge in [0.25, 0.3) is 0 Å². The number of Topliss-reactive ketones (excluding diaryl/α,β-unsaturated/α-hetero) is 1. The van der Waals surface area contributed by atoms with Gasteiger partial charge in [-0.15, -0.1) is 0 Å². The smallest absolute Gasteiger partial charge is 0.136 e. The fraction of sp³-hybridized carbons (Fsp3) is 0.441. The second-order valence-corrected chi connectivity index (χ2v) is 12.0. The van der Waals surface area contributed by atoms with Crippen LogP contribution in [0.4, 0.5) is 0 Å². The van der Waals surface area contributed by atoms with Gasteiger partial charge in [-0.2, -0.15) is 0 Å². The maximum Gasteiger partial charge on any atom is 0.136 e. The van der Waals surface area contributed by atoms with Crippen LogP contribution in [-0.2, 0) is 24.4 Å². The molecule has 194 valence electrons. The van der Waals surface area contributed by atoms with Crippen molar-refractivity contribution in [2.45, 2.75) is 72.5 Å². The quantitative estimate of drug-likeness (QED) is 0.315. The molecule has 2 saturated carbocycles. The Morgan fingerprint density at radius 2 is 1.46 bits per heavy atom. The topological polar surface area (TPSA) is 35.5 Å². The van der Waals surface area contributed by atoms with Crippen molar-refractivity contribution in [2.24, 2.45) is 22.7 Å². The zero-order valence-corrected chi connectivity index (χ0v) is 22.5. The average molecular weight is 497 g/mol. The number of benzene rings is 3. The van der Waals surface area contributed by atoms with Gasteiger partial charge in [0.15, 0.2) is 0 Å². The molecule has 3 nitrogen and oxygen atoms in total. The Balaban J connectivity index is 1.42. The minimum absolute atomic E-state index is 0.00859. The molecule has 3 heteroatoms. The minimum atomic E-state index is 0.00859. The lowest BCUT2D eigenvalue weighted by molar-refractivity contribution is -0.142. The van der Waals surface area contributed by atoms with Gasteiger partial charge in [0, 0.05) is 12.3 Å². The van der Waals surface area contributed by atoms with Crippen molar-refractivity contribution in [3.8, 4) is 11.5 Å². The summed E-state index contributed by atoms with van der Waals surface area (Å²) < 4.78 is 12.6. The number of ketones is 1. The van der Waals surface area contributed by atoms with Crippen molar-refractivity contribution in [3.63, 3.8) is 0 Å². The van der Waals surface area contributed by atoms with E-state index in [9.17, 15) is 4.79 Å². The summed E-state index contributed by atoms with van der Waals surface area (Å²) >= 11 is 0. The lowest BCUT2D eigenvalue weighted by Crippen LogP contribution is -2.52. The number of hydrogen-bond donors (Lipinski definition) is 0. The monoisotopic (exact) mass is 496 g/mol. The highest BCUT2D eigenvalue weighted by molar-refractivity contribution is 5.83. The predicted molar refractivity (Wildman–Crippen MR) is 149 cm³/mol. The minimum Gasteiger partial charge on any atom is -0.489 e. The molecule has 3 aromatic rings. The Labute approximate surface area is 222 Å². The third-order valence-electron chi connectivity index (χ3n) is 9.08. The Hall–Kier alpha value is -3.07. The summed E-state index contributed by atoms with van der Waals surface area (Å²) in [6.45, 7) is 8.23. The van der Waals surface area contributed by atoms with Crippen LogP contribution in [0.15, 0.2) is 78.9 Å². The molecule has 0 saturated heterocycles. The highest BCUT2D eigenvalue weighted by Gasteiger charge is 2.54. The Morgan fingerprint density at radius 3 is 2.14 bits per heavy atom. The van der Waals surface area contributed by atoms with Crippen LogP contribution in [0, 0.1) is 22.7 Å². The van der Waals surface area contributed by atoms with E-state index >= 15 is 0 Å². The molecule has 2 aliphatic rings. The first kappa shape index (κ1) is 25.6. The van der Waals surface area contributed by atoms with Crippen molar-refractivity contribution in [1.82, 2.24) is 0 Å². The van der Waals surface area contributed by atoms with Crippen molar-refractivity contribution in [1.29, 1.82) is 0 Å². The van der Waals surface area contributed by atoms with Gasteiger partial charge in [0.05, 0.1) is 0 Å². The second-order valence-electron chi connectivity index (χ2n) is 12.0. The molecule has 37 heavy (non-hydrogen) atoms. The van der Waals surface area contributed by atoms with E-state index in [1.54, 1.807) is 0 Å². The molecule has 2 aliphatic carbocycles. The molecule has 0 bridgehead atoms. The molecule has 0 spiro atoms. The molecule has 0 heterocycles. The fourth-order valence-electron chi connectivity index (χ4n) is 7.12. The van der Waals surface area contributed by atoms with Crippen LogP contribution in [-0.4, -0.2) is 5.78 Å². The average Bonchev–Trinajstić information content (AvgIpc) is 2.89. The molecule has 0 unspecified atom stereocenters. The number of rotatable bonds is 8. The number of ether oxygens (including phenoxy) is 2. The molecule has 2 fully saturated rings. The van der Waals surface area contributed by atoms with E-state index in [2.05, 4.69) is 51.1 Å². The third-order valence-corrected chi connectivity index (χ3v) is 9.08. The highest BCUT2D eigenvalue weighted by atomic mass is 16.5. The summed E-state index contributed by atoms with van der Waals surface area (Å²) in [5, 5.41) is 0. The SMILES string of the molecule is CC1(C)CCC[C@@]2(C)[C@H](Cc3cc(OCc4ccccc4)ccc3OCc3ccccc3)C(=O)CC[C@H]12.